The minimum atomic E-state index is -0.490. The van der Waals surface area contributed by atoms with Gasteiger partial charge in [-0.2, -0.15) is 0 Å². The molecule has 0 aliphatic carbocycles. The Morgan fingerprint density at radius 1 is 1.41 bits per heavy atom. The van der Waals surface area contributed by atoms with Crippen molar-refractivity contribution in [3.63, 3.8) is 0 Å². The second-order valence-corrected chi connectivity index (χ2v) is 7.90. The number of amides is 1. The molecule has 1 fully saturated rings. The van der Waals surface area contributed by atoms with E-state index in [0.717, 1.165) is 16.6 Å². The van der Waals surface area contributed by atoms with Crippen LogP contribution < -0.4 is 5.32 Å². The molecule has 1 aliphatic rings. The number of carbonyl (C=O) groups excluding carboxylic acids is 1. The topological polar surface area (TPSA) is 41.6 Å². The molecule has 22 heavy (non-hydrogen) atoms. The number of nitrogens with zero attached hydrogens (tertiary/aromatic N) is 1. The Morgan fingerprint density at radius 3 is 2.68 bits per heavy atom. The Morgan fingerprint density at radius 2 is 2.09 bits per heavy atom. The van der Waals surface area contributed by atoms with Gasteiger partial charge >= 0.3 is 6.09 Å². The first-order valence-electron chi connectivity index (χ1n) is 7.36. The van der Waals surface area contributed by atoms with Crippen LogP contribution in [0.3, 0.4) is 0 Å². The molecule has 6 heteroatoms. The molecule has 2 rings (SSSR count). The number of hydrogen-bond acceptors (Lipinski definition) is 3. The van der Waals surface area contributed by atoms with Crippen molar-refractivity contribution in [3.05, 3.63) is 33.3 Å². The van der Waals surface area contributed by atoms with Gasteiger partial charge in [0.15, 0.2) is 0 Å². The summed E-state index contributed by atoms with van der Waals surface area (Å²) in [5.41, 5.74) is 0.566. The van der Waals surface area contributed by atoms with Crippen molar-refractivity contribution in [1.29, 1.82) is 0 Å². The maximum absolute atomic E-state index is 12.4. The highest BCUT2D eigenvalue weighted by Crippen LogP contribution is 2.29. The summed E-state index contributed by atoms with van der Waals surface area (Å²) in [6, 6.07) is 5.81. The van der Waals surface area contributed by atoms with Crippen LogP contribution in [0, 0.1) is 0 Å². The number of piperazine rings is 1. The van der Waals surface area contributed by atoms with Crippen molar-refractivity contribution in [2.45, 2.75) is 45.4 Å². The van der Waals surface area contributed by atoms with Crippen molar-refractivity contribution >= 4 is 33.6 Å². The first-order chi connectivity index (χ1) is 10.2. The SMILES string of the molecule is C[C@H]1[C@H](c2cc(Cl)cc(Br)c2)NCCN1C(=O)OC(C)(C)C. The minimum Gasteiger partial charge on any atom is -0.444 e. The van der Waals surface area contributed by atoms with Crippen molar-refractivity contribution in [2.75, 3.05) is 13.1 Å². The fraction of sp³-hybridized carbons (Fsp3) is 0.562. The molecule has 0 aromatic heterocycles. The second-order valence-electron chi connectivity index (χ2n) is 6.55. The van der Waals surface area contributed by atoms with Crippen LogP contribution in [0.5, 0.6) is 0 Å². The van der Waals surface area contributed by atoms with Crippen molar-refractivity contribution < 1.29 is 9.53 Å². The van der Waals surface area contributed by atoms with E-state index in [1.165, 1.54) is 0 Å². The number of rotatable bonds is 1. The summed E-state index contributed by atoms with van der Waals surface area (Å²) < 4.78 is 6.43. The molecule has 122 valence electrons. The van der Waals surface area contributed by atoms with Crippen LogP contribution in [0.15, 0.2) is 22.7 Å². The van der Waals surface area contributed by atoms with E-state index < -0.39 is 5.60 Å². The van der Waals surface area contributed by atoms with Gasteiger partial charge in [-0.1, -0.05) is 27.5 Å². The lowest BCUT2D eigenvalue weighted by molar-refractivity contribution is 0.00810. The molecule has 1 aromatic rings. The Hall–Kier alpha value is -0.780. The van der Waals surface area contributed by atoms with Gasteiger partial charge in [0.05, 0.1) is 12.1 Å². The Labute approximate surface area is 145 Å². The number of nitrogens with one attached hydrogen (secondary N) is 1. The van der Waals surface area contributed by atoms with Crippen molar-refractivity contribution in [3.8, 4) is 0 Å². The van der Waals surface area contributed by atoms with Gasteiger partial charge in [0.1, 0.15) is 5.60 Å². The number of ether oxygens (including phenoxy) is 1. The van der Waals surface area contributed by atoms with Gasteiger partial charge in [-0.05, 0) is 51.5 Å². The highest BCUT2D eigenvalue weighted by atomic mass is 79.9. The molecule has 1 saturated heterocycles. The summed E-state index contributed by atoms with van der Waals surface area (Å²) >= 11 is 9.61. The molecule has 0 saturated carbocycles. The average molecular weight is 390 g/mol. The molecular formula is C16H22BrClN2O2. The first-order valence-corrected chi connectivity index (χ1v) is 8.53. The lowest BCUT2D eigenvalue weighted by atomic mass is 9.97. The molecule has 2 atom stereocenters. The molecule has 0 bridgehead atoms. The largest absolute Gasteiger partial charge is 0.444 e. The van der Waals surface area contributed by atoms with Crippen LogP contribution in [0.4, 0.5) is 4.79 Å². The quantitative estimate of drug-likeness (QED) is 0.775. The number of benzene rings is 1. The predicted molar refractivity (Wildman–Crippen MR) is 92.3 cm³/mol. The summed E-state index contributed by atoms with van der Waals surface area (Å²) in [6.45, 7) is 9.01. The Balaban J connectivity index is 2.19. The molecule has 4 nitrogen and oxygen atoms in total. The van der Waals surface area contributed by atoms with E-state index in [-0.39, 0.29) is 18.2 Å². The van der Waals surface area contributed by atoms with Gasteiger partial charge in [0.25, 0.3) is 0 Å². The fourth-order valence-corrected chi connectivity index (χ4v) is 3.51. The van der Waals surface area contributed by atoms with E-state index >= 15 is 0 Å². The van der Waals surface area contributed by atoms with Crippen LogP contribution in [-0.4, -0.2) is 35.7 Å². The Kier molecular flexibility index (Phi) is 5.41. The van der Waals surface area contributed by atoms with Crippen LogP contribution in [-0.2, 0) is 4.74 Å². The third kappa shape index (κ3) is 4.37. The predicted octanol–water partition coefficient (Wildman–Crippen LogP) is 4.37. The van der Waals surface area contributed by atoms with Gasteiger partial charge in [0, 0.05) is 22.6 Å². The average Bonchev–Trinajstić information content (AvgIpc) is 2.35. The molecule has 1 aliphatic heterocycles. The third-order valence-corrected chi connectivity index (χ3v) is 4.24. The Bertz CT molecular complexity index is 539. The summed E-state index contributed by atoms with van der Waals surface area (Å²) in [5, 5.41) is 4.13. The molecule has 1 N–H and O–H groups in total. The molecule has 1 aromatic carbocycles. The van der Waals surface area contributed by atoms with Crippen LogP contribution >= 0.6 is 27.5 Å². The van der Waals surface area contributed by atoms with Gasteiger partial charge < -0.3 is 15.0 Å². The number of hydrogen-bond donors (Lipinski definition) is 1. The maximum Gasteiger partial charge on any atom is 0.410 e. The maximum atomic E-state index is 12.4. The van der Waals surface area contributed by atoms with Gasteiger partial charge in [-0.15, -0.1) is 0 Å². The van der Waals surface area contributed by atoms with E-state index in [1.54, 1.807) is 4.90 Å². The molecule has 0 unspecified atom stereocenters. The zero-order valence-corrected chi connectivity index (χ0v) is 15.7. The van der Waals surface area contributed by atoms with E-state index in [9.17, 15) is 4.79 Å². The monoisotopic (exact) mass is 388 g/mol. The molecule has 0 radical (unpaired) electrons. The van der Waals surface area contributed by atoms with Crippen molar-refractivity contribution in [1.82, 2.24) is 10.2 Å². The number of halogens is 2. The highest BCUT2D eigenvalue weighted by Gasteiger charge is 2.34. The summed E-state index contributed by atoms with van der Waals surface area (Å²) in [5.74, 6) is 0. The van der Waals surface area contributed by atoms with E-state index in [4.69, 9.17) is 16.3 Å². The highest BCUT2D eigenvalue weighted by molar-refractivity contribution is 9.10. The first kappa shape index (κ1) is 17.6. The van der Waals surface area contributed by atoms with Crippen LogP contribution in [0.2, 0.25) is 5.02 Å². The smallest absolute Gasteiger partial charge is 0.410 e. The number of carbonyl (C=O) groups is 1. The third-order valence-electron chi connectivity index (χ3n) is 3.56. The molecule has 1 heterocycles. The molecule has 1 amide bonds. The summed E-state index contributed by atoms with van der Waals surface area (Å²) in [6.07, 6.45) is -0.271. The lowest BCUT2D eigenvalue weighted by Crippen LogP contribution is -2.55. The standard InChI is InChI=1S/C16H22BrClN2O2/c1-10-14(11-7-12(17)9-13(18)8-11)19-5-6-20(10)15(21)22-16(2,3)4/h7-10,14,19H,5-6H2,1-4H3/t10-,14+/m0/s1. The van der Waals surface area contributed by atoms with Crippen molar-refractivity contribution in [2.24, 2.45) is 0 Å². The molecule has 0 spiro atoms. The fourth-order valence-electron chi connectivity index (χ4n) is 2.62. The second kappa shape index (κ2) is 6.77. The molecular weight excluding hydrogens is 368 g/mol. The summed E-state index contributed by atoms with van der Waals surface area (Å²) in [4.78, 5) is 14.2. The zero-order valence-electron chi connectivity index (χ0n) is 13.3. The van der Waals surface area contributed by atoms with Crippen LogP contribution in [0.1, 0.15) is 39.3 Å². The van der Waals surface area contributed by atoms with Gasteiger partial charge in [0.2, 0.25) is 0 Å². The van der Waals surface area contributed by atoms with Crippen LogP contribution in [0.25, 0.3) is 0 Å². The van der Waals surface area contributed by atoms with E-state index in [1.807, 2.05) is 45.9 Å². The lowest BCUT2D eigenvalue weighted by Gasteiger charge is -2.40. The zero-order chi connectivity index (χ0) is 16.5. The van der Waals surface area contributed by atoms with Gasteiger partial charge in [-0.25, -0.2) is 4.79 Å². The van der Waals surface area contributed by atoms with E-state index in [2.05, 4.69) is 21.2 Å². The van der Waals surface area contributed by atoms with Gasteiger partial charge in [-0.3, -0.25) is 0 Å². The normalized spacial score (nSPS) is 22.5. The summed E-state index contributed by atoms with van der Waals surface area (Å²) in [7, 11) is 0. The van der Waals surface area contributed by atoms with E-state index in [0.29, 0.717) is 11.6 Å². The minimum absolute atomic E-state index is 0.0195.